The zero-order valence-corrected chi connectivity index (χ0v) is 20.9. The summed E-state index contributed by atoms with van der Waals surface area (Å²) in [5.41, 5.74) is 1.73. The van der Waals surface area contributed by atoms with E-state index in [1.807, 2.05) is 6.92 Å². The molecule has 0 unspecified atom stereocenters. The molecule has 0 amide bonds. The summed E-state index contributed by atoms with van der Waals surface area (Å²) in [6.07, 6.45) is 6.89. The normalized spacial score (nSPS) is 22.9. The summed E-state index contributed by atoms with van der Waals surface area (Å²) in [7, 11) is 0. The van der Waals surface area contributed by atoms with Gasteiger partial charge in [0.1, 0.15) is 5.75 Å². The lowest BCUT2D eigenvalue weighted by atomic mass is 9.72. The van der Waals surface area contributed by atoms with E-state index in [9.17, 15) is 4.79 Å². The number of nitrogens with zero attached hydrogens (tertiary/aromatic N) is 1. The number of rotatable bonds is 6. The van der Waals surface area contributed by atoms with E-state index in [0.717, 1.165) is 57.0 Å². The molecule has 1 aliphatic carbocycles. The molecule has 0 bridgehead atoms. The van der Waals surface area contributed by atoms with Crippen molar-refractivity contribution in [3.8, 4) is 5.75 Å². The molecule has 1 saturated heterocycles. The fourth-order valence-electron chi connectivity index (χ4n) is 5.64. The van der Waals surface area contributed by atoms with Gasteiger partial charge >= 0.3 is 5.97 Å². The predicted molar refractivity (Wildman–Crippen MR) is 134 cm³/mol. The van der Waals surface area contributed by atoms with Crippen molar-refractivity contribution < 1.29 is 14.3 Å². The maximum Gasteiger partial charge on any atom is 0.309 e. The van der Waals surface area contributed by atoms with Crippen LogP contribution < -0.4 is 4.74 Å². The standard InChI is InChI=1S/C29H41NO3/c1-5-32-28(31)21-16-18-30(19-17-21)20-22-8-6-10-26-25(22)9-7-11-27(26)33-24-14-12-23(13-15-24)29(2,3)4/h6-11,21,23-24H,5,12-20H2,1-4H3. The fourth-order valence-corrected chi connectivity index (χ4v) is 5.64. The number of ether oxygens (including phenoxy) is 2. The number of likely N-dealkylation sites (tertiary alicyclic amines) is 1. The zero-order valence-electron chi connectivity index (χ0n) is 20.9. The number of carbonyl (C=O) groups is 1. The largest absolute Gasteiger partial charge is 0.490 e. The molecule has 4 heteroatoms. The van der Waals surface area contributed by atoms with E-state index in [-0.39, 0.29) is 11.9 Å². The van der Waals surface area contributed by atoms with Gasteiger partial charge in [-0.05, 0) is 86.9 Å². The second-order valence-corrected chi connectivity index (χ2v) is 11.0. The average Bonchev–Trinajstić information content (AvgIpc) is 2.80. The molecular weight excluding hydrogens is 410 g/mol. The van der Waals surface area contributed by atoms with Crippen molar-refractivity contribution in [2.24, 2.45) is 17.3 Å². The molecule has 2 aliphatic rings. The van der Waals surface area contributed by atoms with E-state index in [1.165, 1.54) is 29.2 Å². The highest BCUT2D eigenvalue weighted by molar-refractivity contribution is 5.91. The van der Waals surface area contributed by atoms with Gasteiger partial charge in [0.25, 0.3) is 0 Å². The topological polar surface area (TPSA) is 38.8 Å². The van der Waals surface area contributed by atoms with E-state index in [1.54, 1.807) is 0 Å². The van der Waals surface area contributed by atoms with Gasteiger partial charge in [-0.2, -0.15) is 0 Å². The number of hydrogen-bond acceptors (Lipinski definition) is 4. The molecule has 1 aliphatic heterocycles. The minimum Gasteiger partial charge on any atom is -0.490 e. The molecule has 0 aromatic heterocycles. The van der Waals surface area contributed by atoms with Gasteiger partial charge in [0.05, 0.1) is 18.6 Å². The number of esters is 1. The first kappa shape index (κ1) is 24.1. The van der Waals surface area contributed by atoms with Crippen LogP contribution in [0.3, 0.4) is 0 Å². The lowest BCUT2D eigenvalue weighted by Crippen LogP contribution is -2.36. The third-order valence-electron chi connectivity index (χ3n) is 7.77. The second-order valence-electron chi connectivity index (χ2n) is 11.0. The molecule has 0 N–H and O–H groups in total. The van der Waals surface area contributed by atoms with E-state index in [2.05, 4.69) is 62.1 Å². The third kappa shape index (κ3) is 5.90. The Morgan fingerprint density at radius 1 is 0.939 bits per heavy atom. The number of carbonyl (C=O) groups excluding carboxylic acids is 1. The summed E-state index contributed by atoms with van der Waals surface area (Å²) in [6.45, 7) is 12.2. The molecule has 2 aromatic rings. The molecule has 0 radical (unpaired) electrons. The Hall–Kier alpha value is -2.07. The Kier molecular flexibility index (Phi) is 7.63. The molecule has 1 saturated carbocycles. The molecule has 33 heavy (non-hydrogen) atoms. The molecule has 4 nitrogen and oxygen atoms in total. The molecule has 0 spiro atoms. The summed E-state index contributed by atoms with van der Waals surface area (Å²) in [5.74, 6) is 1.85. The Morgan fingerprint density at radius 3 is 2.27 bits per heavy atom. The summed E-state index contributed by atoms with van der Waals surface area (Å²) in [6, 6.07) is 13.1. The first-order valence-corrected chi connectivity index (χ1v) is 12.9. The Morgan fingerprint density at radius 2 is 1.61 bits per heavy atom. The van der Waals surface area contributed by atoms with Crippen LogP contribution in [-0.2, 0) is 16.1 Å². The lowest BCUT2D eigenvalue weighted by molar-refractivity contribution is -0.149. The van der Waals surface area contributed by atoms with Crippen molar-refractivity contribution in [1.29, 1.82) is 0 Å². The van der Waals surface area contributed by atoms with Gasteiger partial charge in [0, 0.05) is 11.9 Å². The minimum atomic E-state index is -0.0272. The monoisotopic (exact) mass is 451 g/mol. The Bertz CT molecular complexity index is 932. The van der Waals surface area contributed by atoms with E-state index in [4.69, 9.17) is 9.47 Å². The highest BCUT2D eigenvalue weighted by Crippen LogP contribution is 2.39. The highest BCUT2D eigenvalue weighted by atomic mass is 16.5. The van der Waals surface area contributed by atoms with Gasteiger partial charge in [0.2, 0.25) is 0 Å². The SMILES string of the molecule is CCOC(=O)C1CCN(Cc2cccc3c(OC4CCC(C(C)(C)C)CC4)cccc23)CC1. The molecule has 2 aromatic carbocycles. The van der Waals surface area contributed by atoms with Crippen molar-refractivity contribution in [1.82, 2.24) is 4.90 Å². The van der Waals surface area contributed by atoms with Crippen molar-refractivity contribution in [3.05, 3.63) is 42.0 Å². The summed E-state index contributed by atoms with van der Waals surface area (Å²) < 4.78 is 11.8. The fraction of sp³-hybridized carbons (Fsp3) is 0.621. The van der Waals surface area contributed by atoms with Crippen LogP contribution >= 0.6 is 0 Å². The van der Waals surface area contributed by atoms with Crippen LogP contribution in [-0.4, -0.2) is 36.7 Å². The number of hydrogen-bond donors (Lipinski definition) is 0. The van der Waals surface area contributed by atoms with Crippen LogP contribution in [0.4, 0.5) is 0 Å². The van der Waals surface area contributed by atoms with Crippen molar-refractivity contribution in [3.63, 3.8) is 0 Å². The van der Waals surface area contributed by atoms with Crippen LogP contribution in [0.2, 0.25) is 0 Å². The molecule has 2 fully saturated rings. The van der Waals surface area contributed by atoms with Crippen molar-refractivity contribution in [2.75, 3.05) is 19.7 Å². The molecule has 180 valence electrons. The Balaban J connectivity index is 1.41. The smallest absolute Gasteiger partial charge is 0.309 e. The van der Waals surface area contributed by atoms with E-state index < -0.39 is 0 Å². The molecular formula is C29H41NO3. The lowest BCUT2D eigenvalue weighted by Gasteiger charge is -2.37. The van der Waals surface area contributed by atoms with E-state index >= 15 is 0 Å². The zero-order chi connectivity index (χ0) is 23.4. The highest BCUT2D eigenvalue weighted by Gasteiger charge is 2.31. The molecule has 0 atom stereocenters. The maximum atomic E-state index is 12.1. The van der Waals surface area contributed by atoms with Crippen LogP contribution in [0.25, 0.3) is 10.8 Å². The second kappa shape index (κ2) is 10.5. The van der Waals surface area contributed by atoms with Gasteiger partial charge in [0.15, 0.2) is 0 Å². The van der Waals surface area contributed by atoms with Gasteiger partial charge in [-0.1, -0.05) is 51.1 Å². The quantitative estimate of drug-likeness (QED) is 0.464. The number of piperidine rings is 1. The van der Waals surface area contributed by atoms with Crippen molar-refractivity contribution in [2.45, 2.75) is 78.9 Å². The summed E-state index contributed by atoms with van der Waals surface area (Å²) in [4.78, 5) is 14.5. The number of fused-ring (bicyclic) bond motifs is 1. The van der Waals surface area contributed by atoms with Crippen molar-refractivity contribution >= 4 is 16.7 Å². The maximum absolute atomic E-state index is 12.1. The van der Waals surface area contributed by atoms with Crippen LogP contribution in [0.15, 0.2) is 36.4 Å². The van der Waals surface area contributed by atoms with E-state index in [0.29, 0.717) is 18.1 Å². The first-order valence-electron chi connectivity index (χ1n) is 12.9. The van der Waals surface area contributed by atoms with Crippen LogP contribution in [0.1, 0.15) is 71.8 Å². The van der Waals surface area contributed by atoms with Crippen LogP contribution in [0, 0.1) is 17.3 Å². The number of benzene rings is 2. The molecule has 4 rings (SSSR count). The molecule has 1 heterocycles. The predicted octanol–water partition coefficient (Wildman–Crippen LogP) is 6.60. The van der Waals surface area contributed by atoms with Gasteiger partial charge in [-0.15, -0.1) is 0 Å². The average molecular weight is 452 g/mol. The Labute approximate surface area is 199 Å². The third-order valence-corrected chi connectivity index (χ3v) is 7.77. The first-order chi connectivity index (χ1) is 15.8. The summed E-state index contributed by atoms with van der Waals surface area (Å²) >= 11 is 0. The minimum absolute atomic E-state index is 0.0272. The summed E-state index contributed by atoms with van der Waals surface area (Å²) in [5, 5.41) is 2.50. The van der Waals surface area contributed by atoms with Crippen LogP contribution in [0.5, 0.6) is 5.75 Å². The van der Waals surface area contributed by atoms with Gasteiger partial charge < -0.3 is 9.47 Å². The van der Waals surface area contributed by atoms with Gasteiger partial charge in [-0.3, -0.25) is 9.69 Å². The van der Waals surface area contributed by atoms with Gasteiger partial charge in [-0.25, -0.2) is 0 Å².